The number of hydrazone groups is 1. The molecule has 0 fully saturated rings. The second-order valence-corrected chi connectivity index (χ2v) is 6.82. The number of methoxy groups -OCH3 is 1. The normalized spacial score (nSPS) is 19.8. The Morgan fingerprint density at radius 3 is 2.69 bits per heavy atom. The minimum atomic E-state index is -0.544. The second kappa shape index (κ2) is 6.66. The number of nitro groups is 1. The van der Waals surface area contributed by atoms with Gasteiger partial charge >= 0.3 is 0 Å². The first-order chi connectivity index (χ1) is 14.2. The lowest BCUT2D eigenvalue weighted by Crippen LogP contribution is -2.33. The summed E-state index contributed by atoms with van der Waals surface area (Å²) in [5, 5.41) is 17.7. The van der Waals surface area contributed by atoms with Crippen LogP contribution < -0.4 is 9.47 Å². The number of para-hydroxylation sites is 1. The molecule has 5 rings (SSSR count). The molecule has 0 saturated carbocycles. The predicted molar refractivity (Wildman–Crippen MR) is 104 cm³/mol. The summed E-state index contributed by atoms with van der Waals surface area (Å²) in [5.74, 6) is 2.02. The molecule has 3 heterocycles. The van der Waals surface area contributed by atoms with Gasteiger partial charge in [-0.1, -0.05) is 12.1 Å². The van der Waals surface area contributed by atoms with Crippen molar-refractivity contribution in [2.75, 3.05) is 7.11 Å². The van der Waals surface area contributed by atoms with Gasteiger partial charge in [0.05, 0.1) is 24.3 Å². The number of fused-ring (bicyclic) bond motifs is 3. The van der Waals surface area contributed by atoms with Crippen molar-refractivity contribution in [1.29, 1.82) is 0 Å². The maximum atomic E-state index is 11.0. The van der Waals surface area contributed by atoms with Crippen LogP contribution in [0.15, 0.2) is 70.4 Å². The van der Waals surface area contributed by atoms with E-state index >= 15 is 0 Å². The van der Waals surface area contributed by atoms with Crippen LogP contribution in [0, 0.1) is 10.1 Å². The zero-order chi connectivity index (χ0) is 20.0. The number of benzene rings is 2. The lowest BCUT2D eigenvalue weighted by atomic mass is 9.97. The minimum absolute atomic E-state index is 0.0280. The van der Waals surface area contributed by atoms with Gasteiger partial charge in [0.25, 0.3) is 5.69 Å². The number of furan rings is 1. The highest BCUT2D eigenvalue weighted by molar-refractivity contribution is 5.99. The van der Waals surface area contributed by atoms with E-state index in [1.54, 1.807) is 25.5 Å². The molecule has 29 heavy (non-hydrogen) atoms. The first-order valence-electron chi connectivity index (χ1n) is 9.13. The van der Waals surface area contributed by atoms with E-state index in [2.05, 4.69) is 0 Å². The van der Waals surface area contributed by atoms with Crippen LogP contribution in [0.3, 0.4) is 0 Å². The summed E-state index contributed by atoms with van der Waals surface area (Å²) in [6.07, 6.45) is 1.73. The molecule has 146 valence electrons. The van der Waals surface area contributed by atoms with Crippen molar-refractivity contribution < 1.29 is 18.8 Å². The fourth-order valence-corrected chi connectivity index (χ4v) is 3.82. The highest BCUT2D eigenvalue weighted by atomic mass is 16.6. The summed E-state index contributed by atoms with van der Waals surface area (Å²) in [6, 6.07) is 15.8. The van der Waals surface area contributed by atoms with Gasteiger partial charge in [-0.2, -0.15) is 5.10 Å². The highest BCUT2D eigenvalue weighted by Gasteiger charge is 2.42. The Bertz CT molecular complexity index is 1090. The van der Waals surface area contributed by atoms with Crippen molar-refractivity contribution >= 4 is 11.4 Å². The lowest BCUT2D eigenvalue weighted by Gasteiger charge is -2.38. The fraction of sp³-hybridized carbons (Fsp3) is 0.190. The molecular weight excluding hydrogens is 374 g/mol. The average molecular weight is 391 g/mol. The van der Waals surface area contributed by atoms with Crippen molar-refractivity contribution in [1.82, 2.24) is 5.01 Å². The molecule has 0 unspecified atom stereocenters. The van der Waals surface area contributed by atoms with Crippen LogP contribution in [-0.4, -0.2) is 22.8 Å². The Morgan fingerprint density at radius 1 is 1.17 bits per heavy atom. The van der Waals surface area contributed by atoms with Gasteiger partial charge in [-0.15, -0.1) is 0 Å². The molecule has 3 aromatic rings. The molecule has 2 aliphatic heterocycles. The van der Waals surface area contributed by atoms with Gasteiger partial charge in [-0.25, -0.2) is 5.01 Å². The molecule has 0 N–H and O–H groups in total. The van der Waals surface area contributed by atoms with Gasteiger partial charge in [-0.3, -0.25) is 10.1 Å². The monoisotopic (exact) mass is 391 g/mol. The van der Waals surface area contributed by atoms with E-state index < -0.39 is 11.2 Å². The zero-order valence-corrected chi connectivity index (χ0v) is 15.5. The summed E-state index contributed by atoms with van der Waals surface area (Å²) in [4.78, 5) is 10.6. The molecule has 8 nitrogen and oxygen atoms in total. The van der Waals surface area contributed by atoms with E-state index in [4.69, 9.17) is 19.0 Å². The Kier molecular flexibility index (Phi) is 3.97. The van der Waals surface area contributed by atoms with Gasteiger partial charge in [0.15, 0.2) is 11.5 Å². The van der Waals surface area contributed by atoms with Crippen molar-refractivity contribution in [2.45, 2.75) is 18.7 Å². The fourth-order valence-electron chi connectivity index (χ4n) is 3.82. The van der Waals surface area contributed by atoms with Crippen LogP contribution in [0.2, 0.25) is 0 Å². The van der Waals surface area contributed by atoms with Crippen molar-refractivity contribution in [3.05, 3.63) is 87.9 Å². The van der Waals surface area contributed by atoms with Crippen LogP contribution in [0.5, 0.6) is 11.5 Å². The summed E-state index contributed by atoms with van der Waals surface area (Å²) in [5.41, 5.74) is 2.60. The summed E-state index contributed by atoms with van der Waals surface area (Å²) in [6.45, 7) is 0. The molecule has 2 aliphatic rings. The third-order valence-corrected chi connectivity index (χ3v) is 5.19. The standard InChI is InChI=1S/C21H17N3O5/c1-27-19-5-2-4-15-17-12-16(18-6-3-11-28-18)22-23(17)21(29-20(15)19)13-7-9-14(10-8-13)24(25)26/h2-11,17,21H,12H2,1H3/t17-,21-/m0/s1. The Balaban J connectivity index is 1.60. The van der Waals surface area contributed by atoms with Gasteiger partial charge in [-0.05, 0) is 30.3 Å². The second-order valence-electron chi connectivity index (χ2n) is 6.82. The van der Waals surface area contributed by atoms with Crippen molar-refractivity contribution in [3.63, 3.8) is 0 Å². The quantitative estimate of drug-likeness (QED) is 0.482. The Labute approximate surface area is 166 Å². The van der Waals surface area contributed by atoms with E-state index in [0.717, 1.165) is 16.8 Å². The van der Waals surface area contributed by atoms with Crippen LogP contribution >= 0.6 is 0 Å². The van der Waals surface area contributed by atoms with Crippen molar-refractivity contribution in [3.8, 4) is 11.5 Å². The summed E-state index contributed by atoms with van der Waals surface area (Å²) < 4.78 is 17.4. The van der Waals surface area contributed by atoms with Gasteiger partial charge in [0.2, 0.25) is 6.23 Å². The first kappa shape index (κ1) is 17.3. The molecule has 0 bridgehead atoms. The number of ether oxygens (including phenoxy) is 2. The molecule has 2 atom stereocenters. The van der Waals surface area contributed by atoms with E-state index in [9.17, 15) is 10.1 Å². The maximum absolute atomic E-state index is 11.0. The SMILES string of the molecule is COc1cccc2c1O[C@@H](c1ccc([N+](=O)[O-])cc1)N1N=C(c3ccco3)C[C@@H]21. The molecule has 8 heteroatoms. The number of hydrogen-bond donors (Lipinski definition) is 0. The molecule has 1 aromatic heterocycles. The summed E-state index contributed by atoms with van der Waals surface area (Å²) >= 11 is 0. The number of hydrogen-bond acceptors (Lipinski definition) is 7. The van der Waals surface area contributed by atoms with E-state index in [-0.39, 0.29) is 11.7 Å². The molecule has 0 amide bonds. The molecular formula is C21H17N3O5. The number of nitrogens with zero attached hydrogens (tertiary/aromatic N) is 3. The average Bonchev–Trinajstić information content (AvgIpc) is 3.42. The minimum Gasteiger partial charge on any atom is -0.493 e. The van der Waals surface area contributed by atoms with Crippen molar-refractivity contribution in [2.24, 2.45) is 5.10 Å². The third-order valence-electron chi connectivity index (χ3n) is 5.19. The zero-order valence-electron chi connectivity index (χ0n) is 15.5. The predicted octanol–water partition coefficient (Wildman–Crippen LogP) is 4.44. The molecule has 2 aromatic carbocycles. The highest BCUT2D eigenvalue weighted by Crippen LogP contribution is 2.50. The molecule has 0 radical (unpaired) electrons. The number of non-ortho nitro benzene ring substituents is 1. The molecule has 0 saturated heterocycles. The smallest absolute Gasteiger partial charge is 0.269 e. The van der Waals surface area contributed by atoms with Crippen LogP contribution in [-0.2, 0) is 0 Å². The number of nitro benzene ring substituents is 1. The van der Waals surface area contributed by atoms with Gasteiger partial charge in [0, 0.05) is 29.7 Å². The Morgan fingerprint density at radius 2 is 2.00 bits per heavy atom. The van der Waals surface area contributed by atoms with Crippen LogP contribution in [0.4, 0.5) is 5.69 Å². The number of rotatable bonds is 4. The molecule has 0 spiro atoms. The van der Waals surface area contributed by atoms with E-state index in [0.29, 0.717) is 23.7 Å². The van der Waals surface area contributed by atoms with E-state index in [1.807, 2.05) is 35.3 Å². The van der Waals surface area contributed by atoms with E-state index in [1.165, 1.54) is 12.1 Å². The molecule has 0 aliphatic carbocycles. The van der Waals surface area contributed by atoms with Gasteiger partial charge < -0.3 is 13.9 Å². The lowest BCUT2D eigenvalue weighted by molar-refractivity contribution is -0.384. The van der Waals surface area contributed by atoms with Gasteiger partial charge in [0.1, 0.15) is 11.5 Å². The van der Waals surface area contributed by atoms with Crippen LogP contribution in [0.25, 0.3) is 0 Å². The Hall–Kier alpha value is -3.81. The van der Waals surface area contributed by atoms with Crippen LogP contribution in [0.1, 0.15) is 35.6 Å². The largest absolute Gasteiger partial charge is 0.493 e. The third kappa shape index (κ3) is 2.80. The first-order valence-corrected chi connectivity index (χ1v) is 9.13. The topological polar surface area (TPSA) is 90.3 Å². The maximum Gasteiger partial charge on any atom is 0.269 e. The summed E-state index contributed by atoms with van der Waals surface area (Å²) in [7, 11) is 1.60.